The molecule has 1 heterocycles. The predicted molar refractivity (Wildman–Crippen MR) is 79.8 cm³/mol. The lowest BCUT2D eigenvalue weighted by molar-refractivity contribution is 0.143. The normalized spacial score (nSPS) is 20.6. The summed E-state index contributed by atoms with van der Waals surface area (Å²) in [4.78, 5) is 2.30. The topological polar surface area (TPSA) is 61.4 Å². The van der Waals surface area contributed by atoms with E-state index in [4.69, 9.17) is 0 Å². The van der Waals surface area contributed by atoms with Gasteiger partial charge in [-0.15, -0.1) is 0 Å². The van der Waals surface area contributed by atoms with Gasteiger partial charge < -0.3 is 10.2 Å². The first-order valence-corrected chi connectivity index (χ1v) is 8.83. The maximum atomic E-state index is 11.9. The fourth-order valence-corrected chi connectivity index (χ4v) is 3.58. The average molecular weight is 291 g/mol. The Balaban J connectivity index is 2.30. The summed E-state index contributed by atoms with van der Waals surface area (Å²) in [5.41, 5.74) is 0.116. The van der Waals surface area contributed by atoms with Gasteiger partial charge in [-0.1, -0.05) is 6.92 Å². The number of nitrogens with one attached hydrogen (secondary N) is 2. The fourth-order valence-electron chi connectivity index (χ4n) is 2.29. The fraction of sp³-hybridized carbons (Fsp3) is 1.00. The lowest BCUT2D eigenvalue weighted by Gasteiger charge is -2.37. The van der Waals surface area contributed by atoms with Crippen LogP contribution in [0.4, 0.5) is 0 Å². The highest BCUT2D eigenvalue weighted by molar-refractivity contribution is 7.89. The van der Waals surface area contributed by atoms with Gasteiger partial charge in [-0.2, -0.15) is 0 Å². The van der Waals surface area contributed by atoms with Gasteiger partial charge in [-0.25, -0.2) is 13.1 Å². The zero-order valence-corrected chi connectivity index (χ0v) is 13.4. The molecule has 2 N–H and O–H groups in total. The summed E-state index contributed by atoms with van der Waals surface area (Å²) in [6, 6.07) is 0. The third kappa shape index (κ3) is 6.70. The van der Waals surface area contributed by atoms with Crippen molar-refractivity contribution in [3.05, 3.63) is 0 Å². The number of hydrogen-bond donors (Lipinski definition) is 2. The molecule has 0 unspecified atom stereocenters. The van der Waals surface area contributed by atoms with E-state index in [1.54, 1.807) is 0 Å². The van der Waals surface area contributed by atoms with Crippen molar-refractivity contribution in [2.75, 3.05) is 46.0 Å². The van der Waals surface area contributed by atoms with Gasteiger partial charge in [0.1, 0.15) is 0 Å². The molecule has 1 fully saturated rings. The minimum absolute atomic E-state index is 0.116. The molecule has 6 heteroatoms. The zero-order chi connectivity index (χ0) is 14.4. The lowest BCUT2D eigenvalue weighted by Crippen LogP contribution is -2.43. The molecule has 0 aromatic carbocycles. The Morgan fingerprint density at radius 1 is 1.21 bits per heavy atom. The molecule has 0 spiro atoms. The number of sulfonamides is 1. The van der Waals surface area contributed by atoms with Gasteiger partial charge in [-0.05, 0) is 64.8 Å². The van der Waals surface area contributed by atoms with E-state index in [0.29, 0.717) is 6.54 Å². The molecule has 1 rings (SSSR count). The molecule has 0 atom stereocenters. The number of piperidine rings is 1. The summed E-state index contributed by atoms with van der Waals surface area (Å²) in [6.07, 6.45) is 3.74. The standard InChI is InChI=1S/C13H29N3O2S/c1-13(6-9-16(3)10-7-13)12-15-19(17,18)11-5-4-8-14-2/h14-15H,4-12H2,1-3H3. The van der Waals surface area contributed by atoms with Gasteiger partial charge in [0.15, 0.2) is 0 Å². The quantitative estimate of drug-likeness (QED) is 0.644. The van der Waals surface area contributed by atoms with Crippen molar-refractivity contribution in [3.8, 4) is 0 Å². The van der Waals surface area contributed by atoms with Crippen LogP contribution < -0.4 is 10.0 Å². The summed E-state index contributed by atoms with van der Waals surface area (Å²) in [6.45, 7) is 5.75. The summed E-state index contributed by atoms with van der Waals surface area (Å²) >= 11 is 0. The molecule has 1 aliphatic rings. The average Bonchev–Trinajstić information content (AvgIpc) is 2.37. The van der Waals surface area contributed by atoms with Gasteiger partial charge in [0.25, 0.3) is 0 Å². The highest BCUT2D eigenvalue weighted by atomic mass is 32.2. The molecule has 0 saturated carbocycles. The van der Waals surface area contributed by atoms with Crippen molar-refractivity contribution >= 4 is 10.0 Å². The molecule has 0 aromatic heterocycles. The minimum atomic E-state index is -3.10. The second-order valence-electron chi connectivity index (χ2n) is 6.06. The Bertz CT molecular complexity index is 349. The van der Waals surface area contributed by atoms with E-state index in [1.165, 1.54) is 0 Å². The van der Waals surface area contributed by atoms with Crippen molar-refractivity contribution in [2.24, 2.45) is 5.41 Å². The minimum Gasteiger partial charge on any atom is -0.320 e. The van der Waals surface area contributed by atoms with Crippen LogP contribution in [0.1, 0.15) is 32.6 Å². The summed E-state index contributed by atoms with van der Waals surface area (Å²) in [5, 5.41) is 3.03. The molecule has 0 aromatic rings. The first-order valence-electron chi connectivity index (χ1n) is 7.17. The summed E-state index contributed by atoms with van der Waals surface area (Å²) in [5.74, 6) is 0.241. The van der Waals surface area contributed by atoms with Crippen LogP contribution in [0.15, 0.2) is 0 Å². The Morgan fingerprint density at radius 3 is 2.42 bits per heavy atom. The van der Waals surface area contributed by atoms with Crippen LogP contribution in [0, 0.1) is 5.41 Å². The third-order valence-electron chi connectivity index (χ3n) is 4.00. The van der Waals surface area contributed by atoms with Crippen LogP contribution >= 0.6 is 0 Å². The Hall–Kier alpha value is -0.170. The smallest absolute Gasteiger partial charge is 0.211 e. The zero-order valence-electron chi connectivity index (χ0n) is 12.5. The van der Waals surface area contributed by atoms with Crippen LogP contribution in [0.25, 0.3) is 0 Å². The number of nitrogens with zero attached hydrogens (tertiary/aromatic N) is 1. The Kier molecular flexibility index (Phi) is 6.73. The molecule has 5 nitrogen and oxygen atoms in total. The SMILES string of the molecule is CNCCCCS(=O)(=O)NCC1(C)CCN(C)CC1. The van der Waals surface area contributed by atoms with Crippen LogP contribution in [0.3, 0.4) is 0 Å². The maximum Gasteiger partial charge on any atom is 0.211 e. The van der Waals surface area contributed by atoms with E-state index in [1.807, 2.05) is 7.05 Å². The van der Waals surface area contributed by atoms with Gasteiger partial charge in [-0.3, -0.25) is 0 Å². The van der Waals surface area contributed by atoms with Crippen molar-refractivity contribution in [2.45, 2.75) is 32.6 Å². The second kappa shape index (κ2) is 7.57. The Labute approximate surface area is 118 Å². The highest BCUT2D eigenvalue weighted by Crippen LogP contribution is 2.29. The largest absolute Gasteiger partial charge is 0.320 e. The predicted octanol–water partition coefficient (Wildman–Crippen LogP) is 0.637. The van der Waals surface area contributed by atoms with Crippen LogP contribution in [-0.2, 0) is 10.0 Å². The van der Waals surface area contributed by atoms with Gasteiger partial charge in [0, 0.05) is 6.54 Å². The van der Waals surface area contributed by atoms with E-state index < -0.39 is 10.0 Å². The number of likely N-dealkylation sites (tertiary alicyclic amines) is 1. The first-order chi connectivity index (χ1) is 8.87. The molecule has 19 heavy (non-hydrogen) atoms. The van der Waals surface area contributed by atoms with Crippen molar-refractivity contribution < 1.29 is 8.42 Å². The molecule has 1 saturated heterocycles. The summed E-state index contributed by atoms with van der Waals surface area (Å²) < 4.78 is 26.6. The molecular weight excluding hydrogens is 262 g/mol. The van der Waals surface area contributed by atoms with Crippen molar-refractivity contribution in [3.63, 3.8) is 0 Å². The molecule has 0 amide bonds. The van der Waals surface area contributed by atoms with Gasteiger partial charge in [0.05, 0.1) is 5.75 Å². The molecular formula is C13H29N3O2S. The Morgan fingerprint density at radius 2 is 1.84 bits per heavy atom. The molecule has 114 valence electrons. The van der Waals surface area contributed by atoms with E-state index in [2.05, 4.69) is 28.9 Å². The van der Waals surface area contributed by atoms with Crippen LogP contribution in [-0.4, -0.2) is 59.3 Å². The first kappa shape index (κ1) is 16.9. The maximum absolute atomic E-state index is 11.9. The third-order valence-corrected chi connectivity index (χ3v) is 5.41. The number of unbranched alkanes of at least 4 members (excludes halogenated alkanes) is 1. The second-order valence-corrected chi connectivity index (χ2v) is 7.99. The van der Waals surface area contributed by atoms with Crippen LogP contribution in [0.5, 0.6) is 0 Å². The van der Waals surface area contributed by atoms with Gasteiger partial charge >= 0.3 is 0 Å². The van der Waals surface area contributed by atoms with E-state index >= 15 is 0 Å². The van der Waals surface area contributed by atoms with E-state index in [0.717, 1.165) is 45.3 Å². The van der Waals surface area contributed by atoms with Crippen LogP contribution in [0.2, 0.25) is 0 Å². The lowest BCUT2D eigenvalue weighted by atomic mass is 9.81. The molecule has 0 radical (unpaired) electrons. The van der Waals surface area contributed by atoms with Crippen molar-refractivity contribution in [1.29, 1.82) is 0 Å². The monoisotopic (exact) mass is 291 g/mol. The number of rotatable bonds is 8. The molecule has 1 aliphatic heterocycles. The highest BCUT2D eigenvalue weighted by Gasteiger charge is 2.29. The number of hydrogen-bond acceptors (Lipinski definition) is 4. The van der Waals surface area contributed by atoms with Gasteiger partial charge in [0.2, 0.25) is 10.0 Å². The van der Waals surface area contributed by atoms with Crippen molar-refractivity contribution in [1.82, 2.24) is 14.9 Å². The van der Waals surface area contributed by atoms with E-state index in [-0.39, 0.29) is 11.2 Å². The summed E-state index contributed by atoms with van der Waals surface area (Å²) in [7, 11) is 0.895. The molecule has 0 aliphatic carbocycles. The van der Waals surface area contributed by atoms with E-state index in [9.17, 15) is 8.42 Å². The molecule has 0 bridgehead atoms.